The molecule has 0 unspecified atom stereocenters. The number of nitrogens with zero attached hydrogens (tertiary/aromatic N) is 3. The van der Waals surface area contributed by atoms with Gasteiger partial charge in [-0.1, -0.05) is 36.4 Å². The average molecular weight is 445 g/mol. The molecule has 0 saturated carbocycles. The summed E-state index contributed by atoms with van der Waals surface area (Å²) in [6.45, 7) is 8.12. The predicted octanol–water partition coefficient (Wildman–Crippen LogP) is 4.42. The van der Waals surface area contributed by atoms with Crippen LogP contribution in [0.4, 0.5) is 5.00 Å². The smallest absolute Gasteiger partial charge is 0.341 e. The molecule has 1 amide bonds. The van der Waals surface area contributed by atoms with Gasteiger partial charge in [0.2, 0.25) is 5.91 Å². The summed E-state index contributed by atoms with van der Waals surface area (Å²) in [7, 11) is 0. The molecule has 0 atom stereocenters. The zero-order chi connectivity index (χ0) is 21.7. The van der Waals surface area contributed by atoms with Gasteiger partial charge in [-0.15, -0.1) is 21.5 Å². The molecule has 0 aliphatic rings. The van der Waals surface area contributed by atoms with Crippen LogP contribution in [0.25, 0.3) is 5.69 Å². The normalized spacial score (nSPS) is 10.8. The fourth-order valence-electron chi connectivity index (χ4n) is 2.93. The van der Waals surface area contributed by atoms with Gasteiger partial charge in [-0.25, -0.2) is 4.79 Å². The lowest BCUT2D eigenvalue weighted by Crippen LogP contribution is -2.16. The van der Waals surface area contributed by atoms with Crippen molar-refractivity contribution in [2.24, 2.45) is 0 Å². The predicted molar refractivity (Wildman–Crippen MR) is 120 cm³/mol. The Labute approximate surface area is 183 Å². The van der Waals surface area contributed by atoms with Crippen molar-refractivity contribution in [2.45, 2.75) is 39.3 Å². The monoisotopic (exact) mass is 444 g/mol. The molecule has 30 heavy (non-hydrogen) atoms. The van der Waals surface area contributed by atoms with Crippen molar-refractivity contribution >= 4 is 40.0 Å². The number of hydrogen-bond acceptors (Lipinski definition) is 7. The van der Waals surface area contributed by atoms with E-state index in [-0.39, 0.29) is 18.3 Å². The van der Waals surface area contributed by atoms with Gasteiger partial charge in [-0.2, -0.15) is 0 Å². The summed E-state index contributed by atoms with van der Waals surface area (Å²) in [6, 6.07) is 7.92. The van der Waals surface area contributed by atoms with E-state index < -0.39 is 5.97 Å². The molecule has 0 fully saturated rings. The Morgan fingerprint density at radius 3 is 2.73 bits per heavy atom. The number of carbonyl (C=O) groups is 2. The highest BCUT2D eigenvalue weighted by Gasteiger charge is 2.19. The molecular formula is C21H24N4O3S2. The molecule has 7 nitrogen and oxygen atoms in total. The maximum atomic E-state index is 12.6. The number of aryl methyl sites for hydroxylation is 3. The van der Waals surface area contributed by atoms with E-state index in [1.807, 2.05) is 37.5 Å². The second-order valence-corrected chi connectivity index (χ2v) is 8.72. The fraction of sp³-hybridized carbons (Fsp3) is 0.333. The molecule has 9 heteroatoms. The number of benzene rings is 1. The van der Waals surface area contributed by atoms with Crippen LogP contribution in [0.15, 0.2) is 35.7 Å². The van der Waals surface area contributed by atoms with Crippen LogP contribution in [-0.2, 0) is 16.0 Å². The third-order valence-electron chi connectivity index (χ3n) is 4.34. The van der Waals surface area contributed by atoms with Gasteiger partial charge < -0.3 is 10.1 Å². The number of anilines is 1. The van der Waals surface area contributed by atoms with Crippen molar-refractivity contribution in [3.05, 3.63) is 52.2 Å². The van der Waals surface area contributed by atoms with Crippen molar-refractivity contribution in [3.63, 3.8) is 0 Å². The molecule has 2 heterocycles. The van der Waals surface area contributed by atoms with Gasteiger partial charge in [0.1, 0.15) is 11.3 Å². The number of amides is 1. The van der Waals surface area contributed by atoms with Gasteiger partial charge >= 0.3 is 5.97 Å². The minimum Gasteiger partial charge on any atom is -0.462 e. The summed E-state index contributed by atoms with van der Waals surface area (Å²) in [4.78, 5) is 25.8. The van der Waals surface area contributed by atoms with E-state index in [1.54, 1.807) is 19.3 Å². The lowest BCUT2D eigenvalue weighted by atomic mass is 10.1. The summed E-state index contributed by atoms with van der Waals surface area (Å²) >= 11 is 2.69. The van der Waals surface area contributed by atoms with E-state index in [0.717, 1.165) is 22.5 Å². The van der Waals surface area contributed by atoms with Crippen LogP contribution in [-0.4, -0.2) is 39.0 Å². The first-order valence-corrected chi connectivity index (χ1v) is 11.4. The highest BCUT2D eigenvalue weighted by Crippen LogP contribution is 2.30. The summed E-state index contributed by atoms with van der Waals surface area (Å²) in [5.41, 5.74) is 3.66. The maximum Gasteiger partial charge on any atom is 0.341 e. The van der Waals surface area contributed by atoms with Crippen molar-refractivity contribution < 1.29 is 14.3 Å². The number of nitrogens with one attached hydrogen (secondary N) is 1. The van der Waals surface area contributed by atoms with E-state index in [2.05, 4.69) is 21.6 Å². The standard InChI is InChI=1S/C21H24N4O3S2/c1-5-15-10-16(20(27)28-6-2)19(30-15)23-18(26)11-29-21-24-22-12-25(21)17-8-7-13(3)9-14(17)4/h7-10,12H,5-6,11H2,1-4H3,(H,23,26). The van der Waals surface area contributed by atoms with Crippen LogP contribution in [0.5, 0.6) is 0 Å². The van der Waals surface area contributed by atoms with Crippen molar-refractivity contribution in [3.8, 4) is 5.69 Å². The van der Waals surface area contributed by atoms with Gasteiger partial charge in [0, 0.05) is 4.88 Å². The Hall–Kier alpha value is -2.65. The van der Waals surface area contributed by atoms with Crippen LogP contribution in [0, 0.1) is 13.8 Å². The Morgan fingerprint density at radius 1 is 1.23 bits per heavy atom. The minimum absolute atomic E-state index is 0.144. The Bertz CT molecular complexity index is 1060. The molecular weight excluding hydrogens is 420 g/mol. The molecule has 3 rings (SSSR count). The molecule has 158 valence electrons. The topological polar surface area (TPSA) is 86.1 Å². The zero-order valence-electron chi connectivity index (χ0n) is 17.4. The average Bonchev–Trinajstić information content (AvgIpc) is 3.33. The summed E-state index contributed by atoms with van der Waals surface area (Å²) in [6.07, 6.45) is 2.42. The Morgan fingerprint density at radius 2 is 2.03 bits per heavy atom. The van der Waals surface area contributed by atoms with E-state index in [4.69, 9.17) is 4.74 Å². The summed E-state index contributed by atoms with van der Waals surface area (Å²) in [5, 5.41) is 12.1. The number of ether oxygens (including phenoxy) is 1. The third kappa shape index (κ3) is 5.09. The largest absolute Gasteiger partial charge is 0.462 e. The summed E-state index contributed by atoms with van der Waals surface area (Å²) < 4.78 is 6.97. The van der Waals surface area contributed by atoms with Crippen molar-refractivity contribution in [1.29, 1.82) is 0 Å². The fourth-order valence-corrected chi connectivity index (χ4v) is 4.65. The quantitative estimate of drug-likeness (QED) is 0.409. The van der Waals surface area contributed by atoms with E-state index in [9.17, 15) is 9.59 Å². The first kappa shape index (κ1) is 22.0. The highest BCUT2D eigenvalue weighted by atomic mass is 32.2. The molecule has 0 radical (unpaired) electrons. The van der Waals surface area contributed by atoms with Crippen molar-refractivity contribution in [2.75, 3.05) is 17.7 Å². The minimum atomic E-state index is -0.425. The second-order valence-electron chi connectivity index (χ2n) is 6.64. The number of carbonyl (C=O) groups excluding carboxylic acids is 2. The number of hydrogen-bond donors (Lipinski definition) is 1. The number of esters is 1. The van der Waals surface area contributed by atoms with Crippen LogP contribution >= 0.6 is 23.1 Å². The van der Waals surface area contributed by atoms with E-state index in [0.29, 0.717) is 15.7 Å². The first-order valence-electron chi connectivity index (χ1n) is 9.63. The Balaban J connectivity index is 1.70. The molecule has 1 aromatic carbocycles. The van der Waals surface area contributed by atoms with E-state index >= 15 is 0 Å². The molecule has 0 saturated heterocycles. The number of rotatable bonds is 8. The highest BCUT2D eigenvalue weighted by molar-refractivity contribution is 7.99. The molecule has 0 spiro atoms. The molecule has 0 aliphatic heterocycles. The van der Waals surface area contributed by atoms with Crippen molar-refractivity contribution in [1.82, 2.24) is 14.8 Å². The SMILES string of the molecule is CCOC(=O)c1cc(CC)sc1NC(=O)CSc1nncn1-c1ccc(C)cc1C. The van der Waals surface area contributed by atoms with Crippen LogP contribution in [0.2, 0.25) is 0 Å². The zero-order valence-corrected chi connectivity index (χ0v) is 19.0. The molecule has 1 N–H and O–H groups in total. The van der Waals surface area contributed by atoms with Gasteiger partial charge in [0.05, 0.1) is 23.6 Å². The van der Waals surface area contributed by atoms with Gasteiger partial charge in [-0.05, 0) is 44.9 Å². The van der Waals surface area contributed by atoms with Crippen LogP contribution in [0.1, 0.15) is 40.2 Å². The van der Waals surface area contributed by atoms with Gasteiger partial charge in [-0.3, -0.25) is 9.36 Å². The molecule has 2 aromatic heterocycles. The Kier molecular flexibility index (Phi) is 7.28. The van der Waals surface area contributed by atoms with Crippen LogP contribution < -0.4 is 5.32 Å². The lowest BCUT2D eigenvalue weighted by molar-refractivity contribution is -0.113. The number of thiophene rings is 1. The summed E-state index contributed by atoms with van der Waals surface area (Å²) in [5.74, 6) is -0.498. The van der Waals surface area contributed by atoms with Crippen LogP contribution in [0.3, 0.4) is 0 Å². The van der Waals surface area contributed by atoms with E-state index in [1.165, 1.54) is 28.7 Å². The molecule has 0 bridgehead atoms. The maximum absolute atomic E-state index is 12.6. The second kappa shape index (κ2) is 9.90. The molecule has 3 aromatic rings. The molecule has 0 aliphatic carbocycles. The number of thioether (sulfide) groups is 1. The lowest BCUT2D eigenvalue weighted by Gasteiger charge is -2.10. The number of aromatic nitrogens is 3. The first-order chi connectivity index (χ1) is 14.4. The van der Waals surface area contributed by atoms with Gasteiger partial charge in [0.25, 0.3) is 0 Å². The third-order valence-corrected chi connectivity index (χ3v) is 6.48. The van der Waals surface area contributed by atoms with Gasteiger partial charge in [0.15, 0.2) is 5.16 Å².